The number of allylic oxidation sites excluding steroid dienone is 1. The molecule has 0 fully saturated rings. The molecule has 0 amide bonds. The molecule has 0 atom stereocenters. The van der Waals surface area contributed by atoms with Gasteiger partial charge in [0.25, 0.3) is 0 Å². The highest BCUT2D eigenvalue weighted by Crippen LogP contribution is 1.96. The van der Waals surface area contributed by atoms with Crippen LogP contribution in [0.2, 0.25) is 0 Å². The molecule has 1 aliphatic rings. The van der Waals surface area contributed by atoms with Gasteiger partial charge in [0.05, 0.1) is 0 Å². The summed E-state index contributed by atoms with van der Waals surface area (Å²) in [7, 11) is 0. The Labute approximate surface area is 62.4 Å². The molecule has 0 aliphatic carbocycles. The highest BCUT2D eigenvalue weighted by atomic mass is 17.3. The number of nitrogens with zero attached hydrogens (tertiary/aromatic N) is 3. The van der Waals surface area contributed by atoms with Gasteiger partial charge in [-0.15, -0.1) is 0 Å². The number of aromatic nitrogens is 2. The van der Waals surface area contributed by atoms with E-state index in [1.807, 2.05) is 0 Å². The number of rotatable bonds is 0. The van der Waals surface area contributed by atoms with E-state index < -0.39 is 0 Å². The van der Waals surface area contributed by atoms with Crippen molar-refractivity contribution in [2.45, 2.75) is 0 Å². The lowest BCUT2D eigenvalue weighted by molar-refractivity contribution is -0.252. The van der Waals surface area contributed by atoms with Crippen LogP contribution in [0.4, 0.5) is 0 Å². The van der Waals surface area contributed by atoms with Crippen LogP contribution in [0.25, 0.3) is 0 Å². The molecule has 2 heterocycles. The lowest BCUT2D eigenvalue weighted by Crippen LogP contribution is -2.12. The minimum absolute atomic E-state index is 0.584. The van der Waals surface area contributed by atoms with Gasteiger partial charge in [0.1, 0.15) is 6.26 Å². The topological polar surface area (TPSA) is 48.6 Å². The number of hydrogen-bond donors (Lipinski definition) is 0. The molecule has 0 bridgehead atoms. The number of hydrogen-bond acceptors (Lipinski definition) is 4. The van der Waals surface area contributed by atoms with Crippen molar-refractivity contribution in [3.63, 3.8) is 0 Å². The molecule has 1 aromatic heterocycles. The summed E-state index contributed by atoms with van der Waals surface area (Å²) < 4.78 is 1.57. The molecule has 0 aromatic carbocycles. The third kappa shape index (κ3) is 1.07. The Morgan fingerprint density at radius 1 is 1.45 bits per heavy atom. The zero-order chi connectivity index (χ0) is 7.52. The summed E-state index contributed by atoms with van der Waals surface area (Å²) in [5.74, 6) is 0.584. The van der Waals surface area contributed by atoms with Crippen molar-refractivity contribution in [1.82, 2.24) is 9.78 Å². The van der Waals surface area contributed by atoms with Gasteiger partial charge in [0.15, 0.2) is 0 Å². The normalized spacial score (nSPS) is 15.1. The highest BCUT2D eigenvalue weighted by Gasteiger charge is 2.02. The first kappa shape index (κ1) is 5.96. The van der Waals surface area contributed by atoms with Crippen LogP contribution in [0.5, 0.6) is 0 Å². The van der Waals surface area contributed by atoms with Gasteiger partial charge in [-0.25, -0.2) is 4.68 Å². The molecule has 0 saturated carbocycles. The quantitative estimate of drug-likeness (QED) is 0.508. The molecule has 0 saturated heterocycles. The van der Waals surface area contributed by atoms with Crippen molar-refractivity contribution in [3.05, 3.63) is 30.8 Å². The van der Waals surface area contributed by atoms with E-state index in [0.29, 0.717) is 5.84 Å². The van der Waals surface area contributed by atoms with Gasteiger partial charge in [-0.1, -0.05) is 0 Å². The Hall–Kier alpha value is -1.78. The molecule has 11 heavy (non-hydrogen) atoms. The van der Waals surface area contributed by atoms with E-state index in [0.717, 1.165) is 0 Å². The monoisotopic (exact) mass is 151 g/mol. The lowest BCUT2D eigenvalue weighted by Gasteiger charge is -2.03. The van der Waals surface area contributed by atoms with E-state index in [9.17, 15) is 0 Å². The van der Waals surface area contributed by atoms with Crippen molar-refractivity contribution in [3.8, 4) is 0 Å². The first-order valence-electron chi connectivity index (χ1n) is 3.04. The van der Waals surface area contributed by atoms with E-state index in [1.165, 1.54) is 6.26 Å². The first-order valence-corrected chi connectivity index (χ1v) is 3.04. The molecule has 0 spiro atoms. The molecular formula is C6H5N3O2. The van der Waals surface area contributed by atoms with E-state index in [4.69, 9.17) is 0 Å². The Bertz CT molecular complexity index is 289. The Morgan fingerprint density at radius 2 is 2.45 bits per heavy atom. The van der Waals surface area contributed by atoms with E-state index in [1.54, 1.807) is 29.2 Å². The fraction of sp³-hybridized carbons (Fsp3) is 0. The van der Waals surface area contributed by atoms with Crippen LogP contribution in [-0.2, 0) is 9.88 Å². The minimum atomic E-state index is 0.584. The average Bonchev–Trinajstić information content (AvgIpc) is 2.58. The Kier molecular flexibility index (Phi) is 1.33. The predicted molar refractivity (Wildman–Crippen MR) is 36.4 cm³/mol. The van der Waals surface area contributed by atoms with Gasteiger partial charge in [0, 0.05) is 18.5 Å². The summed E-state index contributed by atoms with van der Waals surface area (Å²) in [5, 5.41) is 7.52. The van der Waals surface area contributed by atoms with Gasteiger partial charge >= 0.3 is 0 Å². The van der Waals surface area contributed by atoms with Gasteiger partial charge in [0.2, 0.25) is 5.84 Å². The SMILES string of the molecule is C1=CC(n2cccn2)=NOO1. The van der Waals surface area contributed by atoms with Crippen LogP contribution in [-0.4, -0.2) is 15.6 Å². The molecule has 0 unspecified atom stereocenters. The summed E-state index contributed by atoms with van der Waals surface area (Å²) >= 11 is 0. The zero-order valence-corrected chi connectivity index (χ0v) is 5.54. The summed E-state index contributed by atoms with van der Waals surface area (Å²) in [6, 6.07) is 1.80. The van der Waals surface area contributed by atoms with Crippen molar-refractivity contribution in [2.24, 2.45) is 5.16 Å². The lowest BCUT2D eigenvalue weighted by atomic mass is 10.5. The number of oxime groups is 1. The fourth-order valence-corrected chi connectivity index (χ4v) is 0.726. The molecule has 1 aromatic rings. The van der Waals surface area contributed by atoms with Crippen LogP contribution >= 0.6 is 0 Å². The van der Waals surface area contributed by atoms with Crippen molar-refractivity contribution in [1.29, 1.82) is 0 Å². The third-order valence-corrected chi connectivity index (χ3v) is 1.19. The molecule has 0 radical (unpaired) electrons. The molecule has 0 N–H and O–H groups in total. The van der Waals surface area contributed by atoms with Gasteiger partial charge in [-0.3, -0.25) is 4.89 Å². The second-order valence-electron chi connectivity index (χ2n) is 1.87. The van der Waals surface area contributed by atoms with Crippen LogP contribution in [0.3, 0.4) is 0 Å². The summed E-state index contributed by atoms with van der Waals surface area (Å²) in [6.07, 6.45) is 6.46. The van der Waals surface area contributed by atoms with E-state index >= 15 is 0 Å². The smallest absolute Gasteiger partial charge is 0.200 e. The Morgan fingerprint density at radius 3 is 3.09 bits per heavy atom. The molecule has 56 valence electrons. The second-order valence-corrected chi connectivity index (χ2v) is 1.87. The predicted octanol–water partition coefficient (Wildman–Crippen LogP) is 0.520. The fourth-order valence-electron chi connectivity index (χ4n) is 0.726. The van der Waals surface area contributed by atoms with Crippen molar-refractivity contribution >= 4 is 5.84 Å². The average molecular weight is 151 g/mol. The van der Waals surface area contributed by atoms with Gasteiger partial charge < -0.3 is 0 Å². The summed E-state index contributed by atoms with van der Waals surface area (Å²) in [6.45, 7) is 0. The van der Waals surface area contributed by atoms with Crippen LogP contribution in [0, 0.1) is 0 Å². The van der Waals surface area contributed by atoms with Crippen LogP contribution in [0.1, 0.15) is 0 Å². The van der Waals surface area contributed by atoms with Crippen molar-refractivity contribution < 1.29 is 9.88 Å². The molecule has 5 heteroatoms. The highest BCUT2D eigenvalue weighted by molar-refractivity contribution is 5.93. The summed E-state index contributed by atoms with van der Waals surface area (Å²) in [4.78, 5) is 8.73. The van der Waals surface area contributed by atoms with Gasteiger partial charge in [-0.2, -0.15) is 10.1 Å². The molecule has 5 nitrogen and oxygen atoms in total. The van der Waals surface area contributed by atoms with E-state index in [2.05, 4.69) is 20.1 Å². The third-order valence-electron chi connectivity index (χ3n) is 1.19. The largest absolute Gasteiger partial charge is 0.275 e. The van der Waals surface area contributed by atoms with Crippen LogP contribution in [0.15, 0.2) is 36.0 Å². The van der Waals surface area contributed by atoms with E-state index in [-0.39, 0.29) is 0 Å². The summed E-state index contributed by atoms with van der Waals surface area (Å²) in [5.41, 5.74) is 0. The Balaban J connectivity index is 2.29. The maximum absolute atomic E-state index is 4.39. The standard InChI is InChI=1S/C6H5N3O2/c1-3-7-9(4-1)6-2-5-10-11-8-6/h1-5H. The second kappa shape index (κ2) is 2.45. The maximum atomic E-state index is 4.39. The van der Waals surface area contributed by atoms with Crippen LogP contribution < -0.4 is 0 Å². The minimum Gasteiger partial charge on any atom is -0.275 e. The molecule has 2 rings (SSSR count). The van der Waals surface area contributed by atoms with Gasteiger partial charge in [-0.05, 0) is 11.2 Å². The molecular weight excluding hydrogens is 146 g/mol. The maximum Gasteiger partial charge on any atom is 0.200 e. The zero-order valence-electron chi connectivity index (χ0n) is 5.54. The first-order chi connectivity index (χ1) is 5.47. The molecule has 1 aliphatic heterocycles. The van der Waals surface area contributed by atoms with Crippen molar-refractivity contribution in [2.75, 3.05) is 0 Å².